The molecule has 0 bridgehead atoms. The summed E-state index contributed by atoms with van der Waals surface area (Å²) < 4.78 is 6.04. The number of aromatic amines is 1. The summed E-state index contributed by atoms with van der Waals surface area (Å²) in [6, 6.07) is 0. The molecule has 1 aliphatic heterocycles. The Morgan fingerprint density at radius 2 is 2.24 bits per heavy atom. The number of ether oxygens (including phenoxy) is 1. The van der Waals surface area contributed by atoms with Gasteiger partial charge in [0.05, 0.1) is 12.7 Å². The van der Waals surface area contributed by atoms with E-state index >= 15 is 0 Å². The molecule has 0 saturated carbocycles. The van der Waals surface area contributed by atoms with Gasteiger partial charge < -0.3 is 20.1 Å². The predicted octanol–water partition coefficient (Wildman–Crippen LogP) is -2.33. The van der Waals surface area contributed by atoms with Gasteiger partial charge in [-0.25, -0.2) is 9.59 Å². The van der Waals surface area contributed by atoms with Crippen molar-refractivity contribution in [3.05, 3.63) is 32.6 Å². The van der Waals surface area contributed by atoms with Gasteiger partial charge in [-0.15, -0.1) is 0 Å². The molecule has 3 atom stereocenters. The molecule has 1 aromatic rings. The first-order chi connectivity index (χ1) is 9.92. The molecule has 21 heavy (non-hydrogen) atoms. The Balaban J connectivity index is 2.37. The average Bonchev–Trinajstić information content (AvgIpc) is 2.78. The molecule has 1 aromatic heterocycles. The second-order valence-electron chi connectivity index (χ2n) is 4.38. The van der Waals surface area contributed by atoms with Crippen molar-refractivity contribution >= 4 is 12.0 Å². The lowest BCUT2D eigenvalue weighted by Crippen LogP contribution is -2.36. The highest BCUT2D eigenvalue weighted by Gasteiger charge is 2.35. The zero-order valence-corrected chi connectivity index (χ0v) is 10.7. The van der Waals surface area contributed by atoms with Crippen molar-refractivity contribution in [2.45, 2.75) is 24.9 Å². The third-order valence-electron chi connectivity index (χ3n) is 2.92. The fourth-order valence-corrected chi connectivity index (χ4v) is 1.91. The standard InChI is InChI=1S/C11H13N3O7/c15-4-7-6(16)3-8(21-7)14-11(20)12-10(19)5(13-14)1-2-9(17)18/h1-2,6-8,15-16H,3-4H2,(H,17,18)(H,12,19,20)/b2-1+/t6-,7-,8?/m1/s1. The summed E-state index contributed by atoms with van der Waals surface area (Å²) in [6.07, 6.45) is -1.14. The third kappa shape index (κ3) is 3.24. The van der Waals surface area contributed by atoms with Crippen LogP contribution >= 0.6 is 0 Å². The first-order valence-corrected chi connectivity index (χ1v) is 6.01. The maximum absolute atomic E-state index is 11.7. The number of hydrogen-bond donors (Lipinski definition) is 4. The van der Waals surface area contributed by atoms with Gasteiger partial charge in [0.25, 0.3) is 5.56 Å². The second-order valence-corrected chi connectivity index (χ2v) is 4.38. The van der Waals surface area contributed by atoms with Crippen molar-refractivity contribution in [2.24, 2.45) is 0 Å². The van der Waals surface area contributed by atoms with Crippen molar-refractivity contribution in [2.75, 3.05) is 6.61 Å². The van der Waals surface area contributed by atoms with Crippen LogP contribution in [0, 0.1) is 0 Å². The molecule has 114 valence electrons. The summed E-state index contributed by atoms with van der Waals surface area (Å²) >= 11 is 0. The number of nitrogens with one attached hydrogen (secondary N) is 1. The molecule has 2 heterocycles. The highest BCUT2D eigenvalue weighted by Crippen LogP contribution is 2.26. The summed E-state index contributed by atoms with van der Waals surface area (Å²) in [5.74, 6) is -1.28. The van der Waals surface area contributed by atoms with E-state index in [1.54, 1.807) is 0 Å². The highest BCUT2D eigenvalue weighted by atomic mass is 16.5. The molecule has 10 nitrogen and oxygen atoms in total. The molecular formula is C11H13N3O7. The smallest absolute Gasteiger partial charge is 0.347 e. The van der Waals surface area contributed by atoms with E-state index in [2.05, 4.69) is 5.10 Å². The van der Waals surface area contributed by atoms with Gasteiger partial charge in [-0.1, -0.05) is 0 Å². The maximum atomic E-state index is 11.7. The van der Waals surface area contributed by atoms with E-state index in [1.165, 1.54) is 0 Å². The summed E-state index contributed by atoms with van der Waals surface area (Å²) in [7, 11) is 0. The zero-order valence-electron chi connectivity index (χ0n) is 10.7. The molecule has 0 aromatic carbocycles. The molecule has 4 N–H and O–H groups in total. The van der Waals surface area contributed by atoms with E-state index in [4.69, 9.17) is 14.9 Å². The minimum absolute atomic E-state index is 0.00621. The Morgan fingerprint density at radius 3 is 2.81 bits per heavy atom. The molecule has 1 saturated heterocycles. The van der Waals surface area contributed by atoms with Gasteiger partial charge in [0.2, 0.25) is 0 Å². The van der Waals surface area contributed by atoms with Crippen LogP contribution in [0.4, 0.5) is 0 Å². The Labute approximate surface area is 116 Å². The molecule has 2 rings (SSSR count). The summed E-state index contributed by atoms with van der Waals surface area (Å²) in [5, 5.41) is 30.9. The Morgan fingerprint density at radius 1 is 1.52 bits per heavy atom. The molecular weight excluding hydrogens is 286 g/mol. The van der Waals surface area contributed by atoms with Crippen LogP contribution in [0.25, 0.3) is 6.08 Å². The van der Waals surface area contributed by atoms with Gasteiger partial charge in [-0.3, -0.25) is 9.78 Å². The number of rotatable bonds is 4. The van der Waals surface area contributed by atoms with E-state index < -0.39 is 42.3 Å². The summed E-state index contributed by atoms with van der Waals surface area (Å²) in [5.41, 5.74) is -1.99. The maximum Gasteiger partial charge on any atom is 0.347 e. The lowest BCUT2D eigenvalue weighted by atomic mass is 10.2. The number of carboxylic acids is 1. The molecule has 10 heteroatoms. The molecule has 1 unspecified atom stereocenters. The number of H-pyrrole nitrogens is 1. The third-order valence-corrected chi connectivity index (χ3v) is 2.92. The van der Waals surface area contributed by atoms with Crippen LogP contribution in [0.3, 0.4) is 0 Å². The number of aliphatic hydroxyl groups excluding tert-OH is 2. The quantitative estimate of drug-likeness (QED) is 0.451. The van der Waals surface area contributed by atoms with Crippen molar-refractivity contribution < 1.29 is 24.9 Å². The first kappa shape index (κ1) is 15.1. The van der Waals surface area contributed by atoms with Crippen LogP contribution in [0.15, 0.2) is 15.7 Å². The number of carbonyl (C=O) groups is 1. The van der Waals surface area contributed by atoms with E-state index in [0.717, 1.165) is 10.8 Å². The molecule has 0 spiro atoms. The van der Waals surface area contributed by atoms with Crippen molar-refractivity contribution in [3.63, 3.8) is 0 Å². The van der Waals surface area contributed by atoms with Gasteiger partial charge in [-0.2, -0.15) is 9.78 Å². The SMILES string of the molecule is O=C(O)/C=C/c1nn(C2C[C@@H](O)[C@@H](CO)O2)c(=O)[nH]c1=O. The molecule has 1 aliphatic rings. The number of nitrogens with zero attached hydrogens (tertiary/aromatic N) is 2. The highest BCUT2D eigenvalue weighted by molar-refractivity contribution is 5.84. The monoisotopic (exact) mass is 299 g/mol. The van der Waals surface area contributed by atoms with Crippen molar-refractivity contribution in [1.82, 2.24) is 14.8 Å². The molecule has 1 fully saturated rings. The summed E-state index contributed by atoms with van der Waals surface area (Å²) in [6.45, 7) is -0.429. The van der Waals surface area contributed by atoms with Gasteiger partial charge in [0.1, 0.15) is 11.8 Å². The van der Waals surface area contributed by atoms with Gasteiger partial charge in [-0.05, 0) is 6.08 Å². The molecule has 0 amide bonds. The van der Waals surface area contributed by atoms with E-state index in [1.807, 2.05) is 4.98 Å². The van der Waals surface area contributed by atoms with Crippen LogP contribution in [0.5, 0.6) is 0 Å². The Bertz CT molecular complexity index is 677. The first-order valence-electron chi connectivity index (χ1n) is 6.01. The van der Waals surface area contributed by atoms with Crippen LogP contribution in [-0.4, -0.2) is 54.9 Å². The number of carboxylic acid groups (broad SMARTS) is 1. The van der Waals surface area contributed by atoms with Crippen LogP contribution in [0.2, 0.25) is 0 Å². The van der Waals surface area contributed by atoms with Crippen molar-refractivity contribution in [3.8, 4) is 0 Å². The average molecular weight is 299 g/mol. The summed E-state index contributed by atoms with van der Waals surface area (Å²) in [4.78, 5) is 35.6. The molecule has 0 aliphatic carbocycles. The van der Waals surface area contributed by atoms with Crippen LogP contribution in [0.1, 0.15) is 18.3 Å². The number of aliphatic carboxylic acids is 1. The van der Waals surface area contributed by atoms with Crippen molar-refractivity contribution in [1.29, 1.82) is 0 Å². The van der Waals surface area contributed by atoms with Gasteiger partial charge in [0.15, 0.2) is 6.23 Å². The Hall–Kier alpha value is -2.30. The van der Waals surface area contributed by atoms with Crippen LogP contribution in [-0.2, 0) is 9.53 Å². The molecule has 0 radical (unpaired) electrons. The minimum atomic E-state index is -1.28. The minimum Gasteiger partial charge on any atom is -0.478 e. The fourth-order valence-electron chi connectivity index (χ4n) is 1.91. The normalized spacial score (nSPS) is 25.5. The van der Waals surface area contributed by atoms with Gasteiger partial charge >= 0.3 is 11.7 Å². The number of hydrogen-bond acceptors (Lipinski definition) is 7. The second kappa shape index (κ2) is 5.99. The van der Waals surface area contributed by atoms with E-state index in [0.29, 0.717) is 6.08 Å². The van der Waals surface area contributed by atoms with E-state index in [-0.39, 0.29) is 12.1 Å². The zero-order chi connectivity index (χ0) is 15.6. The van der Waals surface area contributed by atoms with E-state index in [9.17, 15) is 19.5 Å². The van der Waals surface area contributed by atoms with Gasteiger partial charge in [0, 0.05) is 12.5 Å². The lowest BCUT2D eigenvalue weighted by Gasteiger charge is -2.13. The fraction of sp³-hybridized carbons (Fsp3) is 0.455. The number of aliphatic hydroxyl groups is 2. The number of aromatic nitrogens is 3. The van der Waals surface area contributed by atoms with Crippen LogP contribution < -0.4 is 11.2 Å². The predicted molar refractivity (Wildman–Crippen MR) is 67.4 cm³/mol. The largest absolute Gasteiger partial charge is 0.478 e. The topological polar surface area (TPSA) is 155 Å². The lowest BCUT2D eigenvalue weighted by molar-refractivity contribution is -0.131. The Kier molecular flexibility index (Phi) is 4.31.